The lowest BCUT2D eigenvalue weighted by Crippen LogP contribution is -2.12. The average Bonchev–Trinajstić information content (AvgIpc) is 3.28. The minimum atomic E-state index is -0.555. The molecule has 0 amide bonds. The highest BCUT2D eigenvalue weighted by atomic mass is 79.9. The van der Waals surface area contributed by atoms with Crippen LogP contribution in [0, 0.1) is 6.92 Å². The largest absolute Gasteiger partial charge is 0.465 e. The zero-order valence-corrected chi connectivity index (χ0v) is 17.1. The van der Waals surface area contributed by atoms with Crippen LogP contribution in [0.5, 0.6) is 11.5 Å². The van der Waals surface area contributed by atoms with Crippen molar-refractivity contribution in [1.82, 2.24) is 4.98 Å². The minimum absolute atomic E-state index is 0.118. The number of halogens is 1. The minimum Gasteiger partial charge on any atom is -0.465 e. The molecule has 0 bridgehead atoms. The quantitative estimate of drug-likeness (QED) is 0.416. The fraction of sp³-hybridized carbons (Fsp3) is 0.136. The topological polar surface area (TPSA) is 74.7 Å². The second-order valence-corrected chi connectivity index (χ2v) is 7.58. The van der Waals surface area contributed by atoms with E-state index in [0.29, 0.717) is 49.6 Å². The van der Waals surface area contributed by atoms with Crippen molar-refractivity contribution in [3.05, 3.63) is 63.3 Å². The monoisotopic (exact) mass is 451 g/mol. The first kappa shape index (κ1) is 17.9. The van der Waals surface area contributed by atoms with Crippen molar-refractivity contribution in [2.24, 2.45) is 0 Å². The van der Waals surface area contributed by atoms with Gasteiger partial charge in [0.25, 0.3) is 0 Å². The molecular weight excluding hydrogens is 438 g/mol. The second-order valence-electron chi connectivity index (χ2n) is 6.72. The number of benzene rings is 2. The molecule has 7 heteroatoms. The van der Waals surface area contributed by atoms with E-state index in [4.69, 9.17) is 14.2 Å². The summed E-state index contributed by atoms with van der Waals surface area (Å²) in [5.74, 6) is 0.413. The third-order valence-electron chi connectivity index (χ3n) is 5.15. The molecule has 0 N–H and O–H groups in total. The smallest absolute Gasteiger partial charge is 0.340 e. The maximum Gasteiger partial charge on any atom is 0.340 e. The van der Waals surface area contributed by atoms with Gasteiger partial charge in [0, 0.05) is 26.7 Å². The fourth-order valence-corrected chi connectivity index (χ4v) is 4.39. The summed E-state index contributed by atoms with van der Waals surface area (Å²) < 4.78 is 16.6. The number of carbonyl (C=O) groups is 2. The second kappa shape index (κ2) is 6.42. The first-order valence-electron chi connectivity index (χ1n) is 8.87. The van der Waals surface area contributed by atoms with Gasteiger partial charge in [0.1, 0.15) is 0 Å². The Balaban J connectivity index is 1.90. The van der Waals surface area contributed by atoms with Gasteiger partial charge in [-0.3, -0.25) is 9.78 Å². The maximum atomic E-state index is 13.3. The van der Waals surface area contributed by atoms with Crippen LogP contribution in [0.2, 0.25) is 0 Å². The molecule has 0 unspecified atom stereocenters. The molecule has 0 atom stereocenters. The third kappa shape index (κ3) is 2.50. The van der Waals surface area contributed by atoms with E-state index in [1.165, 1.54) is 7.11 Å². The van der Waals surface area contributed by atoms with Crippen LogP contribution in [0.25, 0.3) is 22.4 Å². The van der Waals surface area contributed by atoms with Crippen molar-refractivity contribution >= 4 is 27.7 Å². The van der Waals surface area contributed by atoms with E-state index < -0.39 is 5.97 Å². The highest BCUT2D eigenvalue weighted by Gasteiger charge is 2.36. The number of ketones is 1. The van der Waals surface area contributed by atoms with E-state index in [9.17, 15) is 9.59 Å². The first-order chi connectivity index (χ1) is 14.0. The molecule has 3 aromatic rings. The van der Waals surface area contributed by atoms with Crippen LogP contribution >= 0.6 is 15.9 Å². The predicted molar refractivity (Wildman–Crippen MR) is 108 cm³/mol. The zero-order valence-electron chi connectivity index (χ0n) is 15.5. The molecule has 0 fully saturated rings. The van der Waals surface area contributed by atoms with Gasteiger partial charge in [0.15, 0.2) is 17.3 Å². The Bertz CT molecular complexity index is 1230. The van der Waals surface area contributed by atoms with Crippen LogP contribution in [0.4, 0.5) is 0 Å². The molecule has 0 radical (unpaired) electrons. The van der Waals surface area contributed by atoms with Crippen LogP contribution in [0.1, 0.15) is 32.0 Å². The summed E-state index contributed by atoms with van der Waals surface area (Å²) in [6.45, 7) is 1.86. The molecular formula is C22H14BrNO5. The number of hydrogen-bond donors (Lipinski definition) is 0. The molecule has 2 aliphatic rings. The lowest BCUT2D eigenvalue weighted by Gasteiger charge is -2.17. The normalized spacial score (nSPS) is 13.3. The number of aryl methyl sites for hydroxylation is 1. The molecule has 144 valence electrons. The van der Waals surface area contributed by atoms with Crippen LogP contribution in [-0.4, -0.2) is 30.6 Å². The third-order valence-corrected chi connectivity index (χ3v) is 5.81. The predicted octanol–water partition coefficient (Wildman–Crippen LogP) is 4.55. The Hall–Kier alpha value is -3.19. The van der Waals surface area contributed by atoms with Crippen LogP contribution in [0.15, 0.2) is 40.9 Å². The summed E-state index contributed by atoms with van der Waals surface area (Å²) >= 11 is 3.56. The lowest BCUT2D eigenvalue weighted by atomic mass is 9.91. The van der Waals surface area contributed by atoms with Crippen molar-refractivity contribution in [2.45, 2.75) is 6.92 Å². The van der Waals surface area contributed by atoms with Gasteiger partial charge < -0.3 is 14.2 Å². The van der Waals surface area contributed by atoms with Crippen molar-refractivity contribution in [1.29, 1.82) is 0 Å². The summed E-state index contributed by atoms with van der Waals surface area (Å²) in [5, 5.41) is 0. The van der Waals surface area contributed by atoms with E-state index in [-0.39, 0.29) is 18.1 Å². The fourth-order valence-electron chi connectivity index (χ4n) is 3.87. The molecule has 0 spiro atoms. The summed E-state index contributed by atoms with van der Waals surface area (Å²) in [5.41, 5.74) is 4.13. The number of ether oxygens (including phenoxy) is 3. The Kier molecular flexibility index (Phi) is 3.96. The number of nitrogens with zero attached hydrogens (tertiary/aromatic N) is 1. The van der Waals surface area contributed by atoms with Crippen LogP contribution < -0.4 is 9.47 Å². The molecule has 1 aliphatic carbocycles. The van der Waals surface area contributed by atoms with Gasteiger partial charge in [-0.1, -0.05) is 40.2 Å². The molecule has 1 aliphatic heterocycles. The van der Waals surface area contributed by atoms with Crippen LogP contribution in [-0.2, 0) is 4.74 Å². The number of pyridine rings is 1. The number of methoxy groups -OCH3 is 1. The van der Waals surface area contributed by atoms with Crippen molar-refractivity contribution < 1.29 is 23.8 Å². The van der Waals surface area contributed by atoms with Gasteiger partial charge in [-0.2, -0.15) is 0 Å². The molecule has 1 aromatic heterocycles. The van der Waals surface area contributed by atoms with Gasteiger partial charge in [-0.15, -0.1) is 0 Å². The zero-order chi connectivity index (χ0) is 20.3. The number of carbonyl (C=O) groups excluding carboxylic acids is 2. The number of rotatable bonds is 2. The van der Waals surface area contributed by atoms with Gasteiger partial charge in [-0.25, -0.2) is 4.79 Å². The van der Waals surface area contributed by atoms with Gasteiger partial charge in [0.2, 0.25) is 6.79 Å². The Labute approximate surface area is 174 Å². The van der Waals surface area contributed by atoms with E-state index in [2.05, 4.69) is 20.9 Å². The highest BCUT2D eigenvalue weighted by molar-refractivity contribution is 9.10. The van der Waals surface area contributed by atoms with E-state index >= 15 is 0 Å². The number of fused-ring (bicyclic) bond motifs is 4. The summed E-state index contributed by atoms with van der Waals surface area (Å²) in [7, 11) is 1.31. The molecule has 6 nitrogen and oxygen atoms in total. The van der Waals surface area contributed by atoms with E-state index in [1.807, 2.05) is 18.2 Å². The van der Waals surface area contributed by atoms with Crippen molar-refractivity contribution in [2.75, 3.05) is 13.9 Å². The summed E-state index contributed by atoms with van der Waals surface area (Å²) in [6, 6.07) is 10.8. The van der Waals surface area contributed by atoms with Gasteiger partial charge in [0.05, 0.1) is 29.6 Å². The number of hydrogen-bond acceptors (Lipinski definition) is 6. The maximum absolute atomic E-state index is 13.3. The molecule has 0 saturated heterocycles. The van der Waals surface area contributed by atoms with Crippen LogP contribution in [0.3, 0.4) is 0 Å². The highest BCUT2D eigenvalue weighted by Crippen LogP contribution is 2.47. The molecule has 0 saturated carbocycles. The van der Waals surface area contributed by atoms with Gasteiger partial charge >= 0.3 is 5.97 Å². The van der Waals surface area contributed by atoms with Gasteiger partial charge in [-0.05, 0) is 19.1 Å². The summed E-state index contributed by atoms with van der Waals surface area (Å²) in [6.07, 6.45) is 0. The average molecular weight is 452 g/mol. The number of esters is 1. The Morgan fingerprint density at radius 1 is 1.07 bits per heavy atom. The summed E-state index contributed by atoms with van der Waals surface area (Å²) in [4.78, 5) is 30.7. The van der Waals surface area contributed by atoms with E-state index in [1.54, 1.807) is 25.1 Å². The Morgan fingerprint density at radius 2 is 1.76 bits per heavy atom. The molecule has 2 aromatic carbocycles. The first-order valence-corrected chi connectivity index (χ1v) is 9.67. The van der Waals surface area contributed by atoms with Crippen molar-refractivity contribution in [3.8, 4) is 33.9 Å². The SMILES string of the molecule is COC(=O)c1c(C)nc2c(c1-c1cc3c(cc1Br)OCO3)C(=O)c1ccccc1-2. The van der Waals surface area contributed by atoms with Crippen molar-refractivity contribution in [3.63, 3.8) is 0 Å². The Morgan fingerprint density at radius 3 is 2.48 bits per heavy atom. The van der Waals surface area contributed by atoms with E-state index in [0.717, 1.165) is 5.56 Å². The molecule has 2 heterocycles. The number of aromatic nitrogens is 1. The molecule has 29 heavy (non-hydrogen) atoms. The standard InChI is InChI=1S/C22H14BrNO5/c1-10-17(22(26)27-2)18(13-7-15-16(8-14(13)23)29-9-28-15)19-20(24-10)11-5-3-4-6-12(11)21(19)25/h3-8H,9H2,1-2H3. The lowest BCUT2D eigenvalue weighted by molar-refractivity contribution is 0.0600. The molecule has 5 rings (SSSR count).